The normalized spacial score (nSPS) is 45.8. The van der Waals surface area contributed by atoms with Gasteiger partial charge in [-0.15, -0.1) is 0 Å². The third kappa shape index (κ3) is 2.35. The first kappa shape index (κ1) is 14.6. The van der Waals surface area contributed by atoms with E-state index in [4.69, 9.17) is 18.9 Å². The Hall–Kier alpha value is -0.770. The van der Waals surface area contributed by atoms with Crippen LogP contribution in [0.1, 0.15) is 6.92 Å². The van der Waals surface area contributed by atoms with Gasteiger partial charge in [-0.1, -0.05) is 0 Å². The van der Waals surface area contributed by atoms with Crippen molar-refractivity contribution in [3.05, 3.63) is 0 Å². The summed E-state index contributed by atoms with van der Waals surface area (Å²) in [4.78, 5) is 10.8. The van der Waals surface area contributed by atoms with Gasteiger partial charge in [-0.2, -0.15) is 0 Å². The molecule has 0 amide bonds. The van der Waals surface area contributed by atoms with Gasteiger partial charge in [0.25, 0.3) is 0 Å². The van der Waals surface area contributed by atoms with Gasteiger partial charge in [0.15, 0.2) is 11.9 Å². The van der Waals surface area contributed by atoms with E-state index in [1.54, 1.807) is 0 Å². The summed E-state index contributed by atoms with van der Waals surface area (Å²) < 4.78 is 20.4. The van der Waals surface area contributed by atoms with Gasteiger partial charge in [0.05, 0.1) is 6.61 Å². The van der Waals surface area contributed by atoms with Crippen LogP contribution in [0.3, 0.4) is 0 Å². The second-order valence-corrected chi connectivity index (χ2v) is 4.68. The number of hydrogen-bond acceptors (Lipinski definition) is 8. The molecule has 8 nitrogen and oxygen atoms in total. The minimum Gasteiger partial charge on any atom is -0.463 e. The molecule has 0 unspecified atom stereocenters. The predicted octanol–water partition coefficient (Wildman–Crippen LogP) is -2.23. The Bertz CT molecular complexity index is 348. The van der Waals surface area contributed by atoms with Crippen molar-refractivity contribution in [1.82, 2.24) is 0 Å². The third-order valence-electron chi connectivity index (χ3n) is 3.49. The number of ether oxygens (including phenoxy) is 4. The Balaban J connectivity index is 2.18. The summed E-state index contributed by atoms with van der Waals surface area (Å²) in [6.45, 7) is 0.827. The van der Waals surface area contributed by atoms with E-state index in [2.05, 4.69) is 0 Å². The number of rotatable bonds is 3. The maximum absolute atomic E-state index is 10.8. The van der Waals surface area contributed by atoms with Crippen molar-refractivity contribution in [3.8, 4) is 0 Å². The Labute approximate surface area is 109 Å². The molecule has 2 heterocycles. The topological polar surface area (TPSA) is 115 Å². The Morgan fingerprint density at radius 1 is 1.47 bits per heavy atom. The highest BCUT2D eigenvalue weighted by Crippen LogP contribution is 2.39. The molecule has 0 aromatic heterocycles. The van der Waals surface area contributed by atoms with Crippen LogP contribution in [0.25, 0.3) is 0 Å². The predicted molar refractivity (Wildman–Crippen MR) is 59.0 cm³/mol. The fourth-order valence-corrected chi connectivity index (χ4v) is 2.44. The summed E-state index contributed by atoms with van der Waals surface area (Å²) in [5.74, 6) is -0.540. The van der Waals surface area contributed by atoms with E-state index in [1.807, 2.05) is 0 Å². The second-order valence-electron chi connectivity index (χ2n) is 4.68. The molecule has 0 spiro atoms. The number of hydrogen-bond donors (Lipinski definition) is 3. The van der Waals surface area contributed by atoms with Crippen LogP contribution in [0.4, 0.5) is 0 Å². The third-order valence-corrected chi connectivity index (χ3v) is 3.49. The number of aliphatic hydroxyl groups is 3. The molecule has 2 saturated heterocycles. The van der Waals surface area contributed by atoms with Crippen LogP contribution in [-0.4, -0.2) is 77.9 Å². The fourth-order valence-electron chi connectivity index (χ4n) is 2.44. The monoisotopic (exact) mass is 278 g/mol. The zero-order valence-corrected chi connectivity index (χ0v) is 10.7. The quantitative estimate of drug-likeness (QED) is 0.497. The maximum Gasteiger partial charge on any atom is 0.302 e. The number of fused-ring (bicyclic) bond motifs is 1. The number of aliphatic hydroxyl groups excluding tert-OH is 2. The van der Waals surface area contributed by atoms with Crippen molar-refractivity contribution >= 4 is 5.97 Å². The summed E-state index contributed by atoms with van der Waals surface area (Å²) in [6.07, 6.45) is -5.71. The molecule has 0 aromatic rings. The lowest BCUT2D eigenvalue weighted by Crippen LogP contribution is -2.69. The van der Waals surface area contributed by atoms with Gasteiger partial charge in [-0.3, -0.25) is 4.79 Å². The summed E-state index contributed by atoms with van der Waals surface area (Å²) in [7, 11) is 1.35. The van der Waals surface area contributed by atoms with Gasteiger partial charge in [0.2, 0.25) is 0 Å². The summed E-state index contributed by atoms with van der Waals surface area (Å²) in [5.41, 5.74) is -1.91. The molecule has 2 rings (SSSR count). The van der Waals surface area contributed by atoms with Crippen LogP contribution in [-0.2, 0) is 23.7 Å². The highest BCUT2D eigenvalue weighted by Gasteiger charge is 2.63. The van der Waals surface area contributed by atoms with E-state index < -0.39 is 42.3 Å². The molecule has 0 aliphatic carbocycles. The molecule has 0 bridgehead atoms. The lowest BCUT2D eigenvalue weighted by atomic mass is 9.81. The molecule has 0 radical (unpaired) electrons. The number of carbonyl (C=O) groups excluding carboxylic acids is 1. The highest BCUT2D eigenvalue weighted by atomic mass is 16.7. The van der Waals surface area contributed by atoms with Crippen LogP contribution >= 0.6 is 0 Å². The smallest absolute Gasteiger partial charge is 0.302 e. The molecule has 0 aromatic carbocycles. The minimum atomic E-state index is -1.91. The van der Waals surface area contributed by atoms with Crippen molar-refractivity contribution < 1.29 is 39.1 Å². The lowest BCUT2D eigenvalue weighted by Gasteiger charge is -2.46. The Kier molecular flexibility index (Phi) is 4.09. The summed E-state index contributed by atoms with van der Waals surface area (Å²) in [6, 6.07) is 0. The van der Waals surface area contributed by atoms with Crippen LogP contribution in [0.5, 0.6) is 0 Å². The first-order chi connectivity index (χ1) is 8.91. The van der Waals surface area contributed by atoms with Crippen molar-refractivity contribution in [2.45, 2.75) is 43.2 Å². The standard InChI is InChI=1S/C11H18O8/c1-5(12)17-3-6-8(14)11(15)7(13)4-18-9(11)10(16-2)19-6/h6-10,13-15H,3-4H2,1-2H3/t6-,7+,8-,9+,10+,11+/m1/s1. The largest absolute Gasteiger partial charge is 0.463 e. The molecule has 2 aliphatic rings. The highest BCUT2D eigenvalue weighted by molar-refractivity contribution is 5.65. The molecule has 8 heteroatoms. The lowest BCUT2D eigenvalue weighted by molar-refractivity contribution is -0.321. The van der Waals surface area contributed by atoms with E-state index in [1.165, 1.54) is 14.0 Å². The molecule has 2 fully saturated rings. The van der Waals surface area contributed by atoms with Gasteiger partial charge in [0, 0.05) is 14.0 Å². The van der Waals surface area contributed by atoms with Gasteiger partial charge < -0.3 is 34.3 Å². The van der Waals surface area contributed by atoms with Crippen LogP contribution < -0.4 is 0 Å². The van der Waals surface area contributed by atoms with Crippen molar-refractivity contribution in [3.63, 3.8) is 0 Å². The minimum absolute atomic E-state index is 0.137. The maximum atomic E-state index is 10.8. The van der Waals surface area contributed by atoms with E-state index >= 15 is 0 Å². The zero-order valence-electron chi connectivity index (χ0n) is 10.7. The first-order valence-electron chi connectivity index (χ1n) is 5.93. The van der Waals surface area contributed by atoms with Gasteiger partial charge in [0.1, 0.15) is 31.0 Å². The van der Waals surface area contributed by atoms with E-state index in [0.717, 1.165) is 0 Å². The van der Waals surface area contributed by atoms with E-state index in [9.17, 15) is 20.1 Å². The molecule has 110 valence electrons. The molecule has 0 saturated carbocycles. The first-order valence-corrected chi connectivity index (χ1v) is 5.93. The van der Waals surface area contributed by atoms with Gasteiger partial charge in [-0.25, -0.2) is 0 Å². The van der Waals surface area contributed by atoms with Crippen molar-refractivity contribution in [2.24, 2.45) is 0 Å². The Morgan fingerprint density at radius 2 is 2.16 bits per heavy atom. The van der Waals surface area contributed by atoms with Gasteiger partial charge >= 0.3 is 5.97 Å². The number of carbonyl (C=O) groups is 1. The summed E-state index contributed by atoms with van der Waals surface area (Å²) >= 11 is 0. The second kappa shape index (κ2) is 5.31. The zero-order chi connectivity index (χ0) is 14.2. The van der Waals surface area contributed by atoms with Crippen LogP contribution in [0, 0.1) is 0 Å². The van der Waals surface area contributed by atoms with Crippen LogP contribution in [0.15, 0.2) is 0 Å². The average Bonchev–Trinajstić information content (AvgIpc) is 2.67. The van der Waals surface area contributed by atoms with Crippen molar-refractivity contribution in [2.75, 3.05) is 20.3 Å². The molecule has 19 heavy (non-hydrogen) atoms. The molecule has 2 aliphatic heterocycles. The van der Waals surface area contributed by atoms with Crippen molar-refractivity contribution in [1.29, 1.82) is 0 Å². The van der Waals surface area contributed by atoms with E-state index in [0.29, 0.717) is 0 Å². The molecular weight excluding hydrogens is 260 g/mol. The Morgan fingerprint density at radius 3 is 2.74 bits per heavy atom. The van der Waals surface area contributed by atoms with Crippen LogP contribution in [0.2, 0.25) is 0 Å². The summed E-state index contributed by atoms with van der Waals surface area (Å²) in [5, 5.41) is 30.4. The molecule has 3 N–H and O–H groups in total. The average molecular weight is 278 g/mol. The molecule has 6 atom stereocenters. The number of esters is 1. The SMILES string of the molecule is CO[C@H]1O[C@H](COC(C)=O)[C@@H](O)[C@@]2(O)[C@@H](O)CO[C@@H]12. The fraction of sp³-hybridized carbons (Fsp3) is 0.909. The molecular formula is C11H18O8. The van der Waals surface area contributed by atoms with Gasteiger partial charge in [-0.05, 0) is 0 Å². The number of methoxy groups -OCH3 is 1. The van der Waals surface area contributed by atoms with E-state index in [-0.39, 0.29) is 13.2 Å².